The Balaban J connectivity index is 1.80. The van der Waals surface area contributed by atoms with Crippen molar-refractivity contribution in [2.75, 3.05) is 6.61 Å². The molecule has 18 heavy (non-hydrogen) atoms. The van der Waals surface area contributed by atoms with Gasteiger partial charge in [0.25, 0.3) is 0 Å². The van der Waals surface area contributed by atoms with Crippen molar-refractivity contribution < 1.29 is 8.84 Å². The van der Waals surface area contributed by atoms with E-state index in [9.17, 15) is 4.11 Å². The molecule has 1 aliphatic heterocycles. The minimum absolute atomic E-state index is 0.399. The van der Waals surface area contributed by atoms with E-state index in [0.29, 0.717) is 30.2 Å². The number of halogens is 2. The summed E-state index contributed by atoms with van der Waals surface area (Å²) in [6, 6.07) is 10.2. The van der Waals surface area contributed by atoms with Crippen LogP contribution < -0.4 is 4.74 Å². The molecule has 1 aliphatic rings. The highest BCUT2D eigenvalue weighted by Crippen LogP contribution is 2.36. The van der Waals surface area contributed by atoms with Crippen LogP contribution >= 0.6 is 11.1 Å². The van der Waals surface area contributed by atoms with Crippen molar-refractivity contribution in [2.24, 2.45) is 5.92 Å². The zero-order valence-corrected chi connectivity index (χ0v) is 11.8. The quantitative estimate of drug-likeness (QED) is 0.620. The first-order chi connectivity index (χ1) is 8.59. The van der Waals surface area contributed by atoms with Gasteiger partial charge in [-0.15, -0.1) is 11.1 Å². The Bertz CT molecular complexity index is 433. The van der Waals surface area contributed by atoms with Crippen LogP contribution in [0.15, 0.2) is 24.3 Å². The molecule has 96 valence electrons. The van der Waals surface area contributed by atoms with Crippen molar-refractivity contribution in [2.45, 2.75) is 24.9 Å². The summed E-state index contributed by atoms with van der Waals surface area (Å²) in [4.78, 5) is 0. The molecule has 1 fully saturated rings. The van der Waals surface area contributed by atoms with E-state index in [4.69, 9.17) is 21.1 Å². The molecule has 2 nitrogen and oxygen atoms in total. The first-order valence-electron chi connectivity index (χ1n) is 6.10. The number of nitriles is 1. The first kappa shape index (κ1) is 13.4. The lowest BCUT2D eigenvalue weighted by Crippen LogP contribution is -2.29. The van der Waals surface area contributed by atoms with Crippen LogP contribution in [-0.2, 0) is 0 Å². The molecule has 0 N–H and O–H groups in total. The van der Waals surface area contributed by atoms with Gasteiger partial charge in [-0.3, -0.25) is 4.11 Å². The van der Waals surface area contributed by atoms with Gasteiger partial charge in [-0.2, -0.15) is 5.26 Å². The van der Waals surface area contributed by atoms with Crippen LogP contribution in [0.4, 0.5) is 4.11 Å². The standard InChI is InChI=1S/C13H15ClFNOSi/c14-18(15)7-5-12(6-8-18)10-17-13-3-1-11(9-16)2-4-13/h1-4,12H,5-8,10H2. The second kappa shape index (κ2) is 5.72. The molecule has 0 bridgehead atoms. The van der Waals surface area contributed by atoms with E-state index in [2.05, 4.69) is 6.07 Å². The third kappa shape index (κ3) is 3.72. The molecule has 0 aromatic heterocycles. The maximum absolute atomic E-state index is 13.5. The predicted octanol–water partition coefficient (Wildman–Crippen LogP) is 4.00. The van der Waals surface area contributed by atoms with Gasteiger partial charge in [0.2, 0.25) is 0 Å². The average molecular weight is 284 g/mol. The third-order valence-electron chi connectivity index (χ3n) is 3.31. The SMILES string of the molecule is N#Cc1ccc(OCC2CC[Si](F)(Cl)CC2)cc1. The van der Waals surface area contributed by atoms with E-state index in [0.717, 1.165) is 18.6 Å². The van der Waals surface area contributed by atoms with Crippen molar-refractivity contribution >= 4 is 18.8 Å². The molecule has 0 amide bonds. The Morgan fingerprint density at radius 3 is 2.50 bits per heavy atom. The molecular weight excluding hydrogens is 269 g/mol. The Hall–Kier alpha value is -1.05. The molecule has 1 aromatic rings. The number of ether oxygens (including phenoxy) is 1. The molecule has 0 saturated carbocycles. The van der Waals surface area contributed by atoms with E-state index in [1.807, 2.05) is 0 Å². The molecule has 1 heterocycles. The van der Waals surface area contributed by atoms with Crippen LogP contribution in [0.5, 0.6) is 5.75 Å². The van der Waals surface area contributed by atoms with Gasteiger partial charge in [0.1, 0.15) is 5.75 Å². The minimum Gasteiger partial charge on any atom is -0.493 e. The maximum Gasteiger partial charge on any atom is 0.339 e. The van der Waals surface area contributed by atoms with Gasteiger partial charge in [-0.1, -0.05) is 0 Å². The van der Waals surface area contributed by atoms with Crippen LogP contribution in [0.25, 0.3) is 0 Å². The van der Waals surface area contributed by atoms with Crippen molar-refractivity contribution in [3.8, 4) is 11.8 Å². The second-order valence-corrected chi connectivity index (χ2v) is 9.49. The minimum atomic E-state index is -2.87. The number of nitrogens with zero attached hydrogens (tertiary/aromatic N) is 1. The summed E-state index contributed by atoms with van der Waals surface area (Å²) in [5.41, 5.74) is 0.621. The number of hydrogen-bond acceptors (Lipinski definition) is 2. The van der Waals surface area contributed by atoms with Crippen LogP contribution in [0.2, 0.25) is 12.1 Å². The molecule has 0 spiro atoms. The molecule has 2 rings (SSSR count). The topological polar surface area (TPSA) is 33.0 Å². The van der Waals surface area contributed by atoms with Gasteiger partial charge in [-0.05, 0) is 55.1 Å². The molecule has 0 radical (unpaired) electrons. The maximum atomic E-state index is 13.5. The van der Waals surface area contributed by atoms with Gasteiger partial charge in [0, 0.05) is 0 Å². The molecule has 1 saturated heterocycles. The normalized spacial score (nSPS) is 27.5. The van der Waals surface area contributed by atoms with Crippen molar-refractivity contribution in [3.63, 3.8) is 0 Å². The van der Waals surface area contributed by atoms with Crippen LogP contribution in [0.1, 0.15) is 18.4 Å². The number of benzene rings is 1. The largest absolute Gasteiger partial charge is 0.493 e. The fraction of sp³-hybridized carbons (Fsp3) is 0.462. The van der Waals surface area contributed by atoms with Gasteiger partial charge in [-0.25, -0.2) is 0 Å². The van der Waals surface area contributed by atoms with E-state index < -0.39 is 7.72 Å². The first-order valence-corrected chi connectivity index (χ1v) is 9.40. The van der Waals surface area contributed by atoms with E-state index in [1.165, 1.54) is 0 Å². The molecular formula is C13H15ClFNOSi. The fourth-order valence-corrected chi connectivity index (χ4v) is 4.67. The van der Waals surface area contributed by atoms with E-state index in [-0.39, 0.29) is 0 Å². The van der Waals surface area contributed by atoms with Crippen LogP contribution in [-0.4, -0.2) is 14.3 Å². The van der Waals surface area contributed by atoms with E-state index >= 15 is 0 Å². The summed E-state index contributed by atoms with van der Waals surface area (Å²) in [5, 5.41) is 8.68. The Morgan fingerprint density at radius 2 is 1.94 bits per heavy atom. The number of rotatable bonds is 3. The van der Waals surface area contributed by atoms with Crippen molar-refractivity contribution in [1.82, 2.24) is 0 Å². The fourth-order valence-electron chi connectivity index (χ4n) is 2.11. The summed E-state index contributed by atoms with van der Waals surface area (Å²) < 4.78 is 19.2. The number of hydrogen-bond donors (Lipinski definition) is 0. The lowest BCUT2D eigenvalue weighted by Gasteiger charge is -2.27. The highest BCUT2D eigenvalue weighted by molar-refractivity contribution is 7.16. The van der Waals surface area contributed by atoms with Crippen LogP contribution in [0, 0.1) is 17.2 Å². The summed E-state index contributed by atoms with van der Waals surface area (Å²) in [7, 11) is -2.87. The highest BCUT2D eigenvalue weighted by Gasteiger charge is 2.37. The van der Waals surface area contributed by atoms with Crippen LogP contribution in [0.3, 0.4) is 0 Å². The Labute approximate surface area is 112 Å². The van der Waals surface area contributed by atoms with Crippen molar-refractivity contribution in [1.29, 1.82) is 5.26 Å². The lowest BCUT2D eigenvalue weighted by molar-refractivity contribution is 0.234. The van der Waals surface area contributed by atoms with Gasteiger partial charge < -0.3 is 4.74 Å². The summed E-state index contributed by atoms with van der Waals surface area (Å²) in [6.45, 7) is 0.604. The summed E-state index contributed by atoms with van der Waals surface area (Å²) in [5.74, 6) is 1.16. The van der Waals surface area contributed by atoms with Gasteiger partial charge in [0.05, 0.1) is 18.2 Å². The molecule has 0 atom stereocenters. The molecule has 0 aliphatic carbocycles. The average Bonchev–Trinajstić information content (AvgIpc) is 2.38. The molecule has 1 aromatic carbocycles. The highest BCUT2D eigenvalue weighted by atomic mass is 35.6. The third-order valence-corrected chi connectivity index (χ3v) is 6.48. The summed E-state index contributed by atoms with van der Waals surface area (Å²) >= 11 is 5.79. The van der Waals surface area contributed by atoms with Crippen molar-refractivity contribution in [3.05, 3.63) is 29.8 Å². The van der Waals surface area contributed by atoms with Gasteiger partial charge in [0.15, 0.2) is 0 Å². The second-order valence-electron chi connectivity index (χ2n) is 4.75. The van der Waals surface area contributed by atoms with E-state index in [1.54, 1.807) is 24.3 Å². The monoisotopic (exact) mass is 283 g/mol. The predicted molar refractivity (Wildman–Crippen MR) is 71.7 cm³/mol. The Kier molecular flexibility index (Phi) is 4.26. The molecule has 0 unspecified atom stereocenters. The zero-order valence-electron chi connectivity index (χ0n) is 10.0. The lowest BCUT2D eigenvalue weighted by atomic mass is 10.0. The summed E-state index contributed by atoms with van der Waals surface area (Å²) in [6.07, 6.45) is 1.64. The molecule has 5 heteroatoms. The smallest absolute Gasteiger partial charge is 0.339 e. The zero-order chi connectivity index (χ0) is 13.0. The Morgan fingerprint density at radius 1 is 1.33 bits per heavy atom. The van der Waals surface area contributed by atoms with Gasteiger partial charge >= 0.3 is 7.72 Å².